The summed E-state index contributed by atoms with van der Waals surface area (Å²) >= 11 is 1.40. The van der Waals surface area contributed by atoms with Gasteiger partial charge in [-0.05, 0) is 64.2 Å². The third-order valence-electron chi connectivity index (χ3n) is 10.5. The average Bonchev–Trinajstić information content (AvgIpc) is 3.82. The minimum Gasteiger partial charge on any atom is -0.484 e. The Balaban J connectivity index is 1.36. The number of aryl methyl sites for hydroxylation is 1. The van der Waals surface area contributed by atoms with Gasteiger partial charge < -0.3 is 41.2 Å². The van der Waals surface area contributed by atoms with Crippen molar-refractivity contribution in [2.45, 2.75) is 68.7 Å². The number of methoxy groups -OCH3 is 1. The number of aliphatic carboxylic acids is 1. The SMILES string of the molecule is COC(=O)C(CC(=O)O)NC(=O)C1Cc2ccc(cc2)OCC(=O)NC(Cc2cccs2)C(=O)NC(Cc2ccc(-c3ccccc3)cc2)C(=O)NC(CCc2ccccc2)C(=O)N1. The van der Waals surface area contributed by atoms with Crippen LogP contribution in [0.5, 0.6) is 5.75 Å². The van der Waals surface area contributed by atoms with Crippen LogP contribution in [-0.4, -0.2) is 90.5 Å². The summed E-state index contributed by atoms with van der Waals surface area (Å²) in [6.45, 7) is -0.450. The Bertz CT molecular complexity index is 2380. The lowest BCUT2D eigenvalue weighted by molar-refractivity contribution is -0.149. The molecular weight excluding hydrogens is 839 g/mol. The highest BCUT2D eigenvalue weighted by Gasteiger charge is 2.34. The van der Waals surface area contributed by atoms with Crippen LogP contribution >= 0.6 is 11.3 Å². The Labute approximate surface area is 373 Å². The number of esters is 1. The predicted octanol–water partition coefficient (Wildman–Crippen LogP) is 3.54. The van der Waals surface area contributed by atoms with E-state index in [-0.39, 0.29) is 25.7 Å². The molecule has 0 fully saturated rings. The summed E-state index contributed by atoms with van der Waals surface area (Å²) in [6.07, 6.45) is -0.410. The number of rotatable bonds is 13. The van der Waals surface area contributed by atoms with Crippen LogP contribution in [0.4, 0.5) is 0 Å². The van der Waals surface area contributed by atoms with Crippen molar-refractivity contribution < 1.29 is 48.1 Å². The second-order valence-corrected chi connectivity index (χ2v) is 16.2. The number of carbonyl (C=O) groups excluding carboxylic acids is 6. The largest absolute Gasteiger partial charge is 0.484 e. The van der Waals surface area contributed by atoms with E-state index in [0.29, 0.717) is 23.3 Å². The van der Waals surface area contributed by atoms with Gasteiger partial charge in [0.15, 0.2) is 6.61 Å². The second-order valence-electron chi connectivity index (χ2n) is 15.2. The molecule has 0 saturated heterocycles. The van der Waals surface area contributed by atoms with Crippen molar-refractivity contribution in [2.75, 3.05) is 13.7 Å². The van der Waals surface area contributed by atoms with Gasteiger partial charge in [0.05, 0.1) is 13.5 Å². The molecule has 0 spiro atoms. The first kappa shape index (κ1) is 46.2. The number of carbonyl (C=O) groups is 7. The molecule has 7 rings (SSSR count). The zero-order chi connectivity index (χ0) is 45.4. The summed E-state index contributed by atoms with van der Waals surface area (Å²) in [5.74, 6) is -5.67. The molecule has 1 aromatic heterocycles. The molecule has 5 atom stereocenters. The topological polar surface area (TPSA) is 218 Å². The van der Waals surface area contributed by atoms with Crippen LogP contribution in [0.2, 0.25) is 0 Å². The van der Waals surface area contributed by atoms with Crippen molar-refractivity contribution in [3.63, 3.8) is 0 Å². The van der Waals surface area contributed by atoms with Gasteiger partial charge in [-0.15, -0.1) is 11.3 Å². The van der Waals surface area contributed by atoms with Crippen LogP contribution in [0, 0.1) is 0 Å². The Morgan fingerprint density at radius 2 is 1.34 bits per heavy atom. The molecule has 0 aliphatic carbocycles. The number of fused-ring (bicyclic) bond motifs is 16. The molecule has 64 heavy (non-hydrogen) atoms. The lowest BCUT2D eigenvalue weighted by atomic mass is 9.99. The van der Waals surface area contributed by atoms with Gasteiger partial charge in [0, 0.05) is 24.1 Å². The van der Waals surface area contributed by atoms with Gasteiger partial charge in [-0.25, -0.2) is 4.79 Å². The third kappa shape index (κ3) is 13.6. The molecule has 5 amide bonds. The van der Waals surface area contributed by atoms with Crippen LogP contribution in [0.3, 0.4) is 0 Å². The van der Waals surface area contributed by atoms with Crippen LogP contribution in [0.25, 0.3) is 11.1 Å². The standard InChI is InChI=1S/C48H49N5O10S/c1-62-48(61)41(28-43(55)56)53-46(59)39-26-32-16-21-35(22-17-32)63-29-42(54)49-40(27-36-13-8-24-64-36)47(60)52-38(25-31-14-19-34(20-15-31)33-11-6-3-7-12-33)45(58)50-37(44(57)51-39)23-18-30-9-4-2-5-10-30/h2-17,19-22,24,37-41H,18,23,25-29H2,1H3,(H,49,54)(H,50,58)(H,51,57)(H,52,60)(H,53,59)(H,55,56). The molecule has 0 radical (unpaired) electrons. The van der Waals surface area contributed by atoms with Gasteiger partial charge in [-0.2, -0.15) is 0 Å². The summed E-state index contributed by atoms with van der Waals surface area (Å²) in [5, 5.41) is 24.9. The van der Waals surface area contributed by atoms with E-state index in [0.717, 1.165) is 28.7 Å². The molecule has 16 heteroatoms. The number of carboxylic acids is 1. The molecule has 3 heterocycles. The highest BCUT2D eigenvalue weighted by molar-refractivity contribution is 7.09. The number of benzene rings is 4. The van der Waals surface area contributed by atoms with E-state index in [1.165, 1.54) is 11.3 Å². The lowest BCUT2D eigenvalue weighted by Gasteiger charge is -2.27. The Kier molecular flexibility index (Phi) is 16.4. The molecule has 6 N–H and O–H groups in total. The Morgan fingerprint density at radius 3 is 1.98 bits per heavy atom. The minimum atomic E-state index is -1.57. The molecular formula is C48H49N5O10S. The molecule has 15 nitrogen and oxygen atoms in total. The summed E-state index contributed by atoms with van der Waals surface area (Å²) in [7, 11) is 1.05. The molecule has 2 aliphatic heterocycles. The van der Waals surface area contributed by atoms with Crippen LogP contribution in [0.15, 0.2) is 127 Å². The molecule has 0 saturated carbocycles. The van der Waals surface area contributed by atoms with Gasteiger partial charge >= 0.3 is 11.9 Å². The summed E-state index contributed by atoms with van der Waals surface area (Å²) < 4.78 is 10.5. The fraction of sp³-hybridized carbons (Fsp3) is 0.271. The number of nitrogens with one attached hydrogen (secondary N) is 5. The van der Waals surface area contributed by atoms with Crippen molar-refractivity contribution in [3.8, 4) is 16.9 Å². The normalized spacial score (nSPS) is 18.9. The van der Waals surface area contributed by atoms with Crippen molar-refractivity contribution >= 4 is 52.8 Å². The van der Waals surface area contributed by atoms with Gasteiger partial charge in [0.2, 0.25) is 23.6 Å². The van der Waals surface area contributed by atoms with Crippen LogP contribution in [0.1, 0.15) is 34.4 Å². The van der Waals surface area contributed by atoms with E-state index in [1.54, 1.807) is 24.3 Å². The Hall–Kier alpha value is -7.33. The van der Waals surface area contributed by atoms with Crippen molar-refractivity contribution in [3.05, 3.63) is 148 Å². The number of carboxylic acid groups (broad SMARTS) is 1. The van der Waals surface area contributed by atoms with E-state index in [1.807, 2.05) is 102 Å². The van der Waals surface area contributed by atoms with E-state index in [9.17, 15) is 38.7 Å². The van der Waals surface area contributed by atoms with E-state index >= 15 is 0 Å². The van der Waals surface area contributed by atoms with Crippen molar-refractivity contribution in [1.82, 2.24) is 26.6 Å². The molecule has 4 aromatic carbocycles. The number of ether oxygens (including phenoxy) is 2. The van der Waals surface area contributed by atoms with Gasteiger partial charge in [0.1, 0.15) is 36.0 Å². The summed E-state index contributed by atoms with van der Waals surface area (Å²) in [5.41, 5.74) is 4.01. The first-order chi connectivity index (χ1) is 30.9. The minimum absolute atomic E-state index is 0.0000490. The van der Waals surface area contributed by atoms with E-state index in [2.05, 4.69) is 26.6 Å². The number of hydrogen-bond acceptors (Lipinski definition) is 10. The van der Waals surface area contributed by atoms with Gasteiger partial charge in [-0.3, -0.25) is 28.8 Å². The molecule has 332 valence electrons. The van der Waals surface area contributed by atoms with E-state index < -0.39 is 84.7 Å². The van der Waals surface area contributed by atoms with Crippen LogP contribution < -0.4 is 31.3 Å². The predicted molar refractivity (Wildman–Crippen MR) is 238 cm³/mol. The fourth-order valence-electron chi connectivity index (χ4n) is 7.12. The zero-order valence-corrected chi connectivity index (χ0v) is 35.8. The quantitative estimate of drug-likeness (QED) is 0.0747. The highest BCUT2D eigenvalue weighted by atomic mass is 32.1. The van der Waals surface area contributed by atoms with Crippen molar-refractivity contribution in [2.24, 2.45) is 0 Å². The Morgan fingerprint density at radius 1 is 0.719 bits per heavy atom. The fourth-order valence-corrected chi connectivity index (χ4v) is 7.88. The van der Waals surface area contributed by atoms with Gasteiger partial charge in [-0.1, -0.05) is 103 Å². The monoisotopic (exact) mass is 887 g/mol. The second kappa shape index (κ2) is 22.7. The maximum absolute atomic E-state index is 14.6. The first-order valence-corrected chi connectivity index (χ1v) is 21.5. The third-order valence-corrected chi connectivity index (χ3v) is 11.4. The smallest absolute Gasteiger partial charge is 0.328 e. The average molecular weight is 888 g/mol. The molecule has 2 bridgehead atoms. The molecule has 5 aromatic rings. The number of amides is 5. The number of hydrogen-bond donors (Lipinski definition) is 6. The zero-order valence-electron chi connectivity index (χ0n) is 35.0. The number of thiophene rings is 1. The first-order valence-electron chi connectivity index (χ1n) is 20.7. The van der Waals surface area contributed by atoms with E-state index in [4.69, 9.17) is 9.47 Å². The summed E-state index contributed by atoms with van der Waals surface area (Å²) in [4.78, 5) is 95.6. The summed E-state index contributed by atoms with van der Waals surface area (Å²) in [6, 6.07) is 29.9. The maximum atomic E-state index is 14.6. The van der Waals surface area contributed by atoms with Crippen LogP contribution in [-0.2, 0) is 64.0 Å². The lowest BCUT2D eigenvalue weighted by Crippen LogP contribution is -2.60. The molecule has 5 unspecified atom stereocenters. The molecule has 2 aliphatic rings. The maximum Gasteiger partial charge on any atom is 0.328 e. The highest BCUT2D eigenvalue weighted by Crippen LogP contribution is 2.21. The van der Waals surface area contributed by atoms with Crippen molar-refractivity contribution in [1.29, 1.82) is 0 Å². The van der Waals surface area contributed by atoms with Gasteiger partial charge in [0.25, 0.3) is 5.91 Å².